The number of halogens is 3. The van der Waals surface area contributed by atoms with Gasteiger partial charge >= 0.3 is 0 Å². The fourth-order valence-electron chi connectivity index (χ4n) is 5.56. The molecule has 224 valence electrons. The number of aromatic nitrogens is 2. The number of hydrogen-bond donors (Lipinski definition) is 2. The van der Waals surface area contributed by atoms with Crippen molar-refractivity contribution in [2.75, 3.05) is 55.0 Å². The van der Waals surface area contributed by atoms with Gasteiger partial charge < -0.3 is 24.8 Å². The molecule has 0 bridgehead atoms. The molecule has 2 aromatic heterocycles. The van der Waals surface area contributed by atoms with Gasteiger partial charge in [-0.15, -0.1) is 0 Å². The van der Waals surface area contributed by atoms with Crippen molar-refractivity contribution in [3.63, 3.8) is 0 Å². The highest BCUT2D eigenvalue weighted by Gasteiger charge is 2.30. The Labute approximate surface area is 242 Å². The molecule has 0 saturated carbocycles. The molecule has 0 aliphatic carbocycles. The number of anilines is 3. The highest BCUT2D eigenvalue weighted by atomic mass is 19.3. The van der Waals surface area contributed by atoms with Gasteiger partial charge in [-0.05, 0) is 52.1 Å². The molecule has 4 heterocycles. The summed E-state index contributed by atoms with van der Waals surface area (Å²) in [5.41, 5.74) is -0.392. The first-order valence-electron chi connectivity index (χ1n) is 14.0. The molecule has 1 amide bonds. The molecule has 0 radical (unpaired) electrons. The molecule has 5 rings (SSSR count). The van der Waals surface area contributed by atoms with E-state index in [0.717, 1.165) is 12.0 Å². The van der Waals surface area contributed by atoms with Crippen LogP contribution in [0.4, 0.5) is 30.4 Å². The number of pyridine rings is 2. The molecule has 2 N–H and O–H groups in total. The number of likely N-dealkylation sites (N-methyl/N-ethyl adjacent to an activating group) is 1. The summed E-state index contributed by atoms with van der Waals surface area (Å²) in [6, 6.07) is 7.46. The topological polar surface area (TPSA) is 93.8 Å². The van der Waals surface area contributed by atoms with Gasteiger partial charge in [-0.3, -0.25) is 14.5 Å². The fourth-order valence-corrected chi connectivity index (χ4v) is 5.56. The Morgan fingerprint density at radius 3 is 2.48 bits per heavy atom. The van der Waals surface area contributed by atoms with Crippen LogP contribution in [0.25, 0.3) is 11.1 Å². The lowest BCUT2D eigenvalue weighted by Crippen LogP contribution is -2.55. The fraction of sp³-hybridized carbons (Fsp3) is 0.433. The Bertz CT molecular complexity index is 1490. The molecule has 12 heteroatoms. The van der Waals surface area contributed by atoms with Gasteiger partial charge in [0.05, 0.1) is 29.6 Å². The highest BCUT2D eigenvalue weighted by molar-refractivity contribution is 6.07. The van der Waals surface area contributed by atoms with E-state index in [1.54, 1.807) is 12.3 Å². The minimum Gasteiger partial charge on any atom is -0.375 e. The van der Waals surface area contributed by atoms with Crippen molar-refractivity contribution in [1.29, 1.82) is 0 Å². The van der Waals surface area contributed by atoms with Gasteiger partial charge in [0.15, 0.2) is 0 Å². The van der Waals surface area contributed by atoms with Gasteiger partial charge in [-0.2, -0.15) is 0 Å². The largest absolute Gasteiger partial charge is 0.375 e. The van der Waals surface area contributed by atoms with Crippen molar-refractivity contribution in [3.8, 4) is 11.1 Å². The van der Waals surface area contributed by atoms with Crippen LogP contribution in [0.1, 0.15) is 43.1 Å². The number of amides is 1. The summed E-state index contributed by atoms with van der Waals surface area (Å²) < 4.78 is 48.8. The number of morpholine rings is 1. The Hall–Kier alpha value is -3.90. The molecule has 42 heavy (non-hydrogen) atoms. The highest BCUT2D eigenvalue weighted by Crippen LogP contribution is 2.37. The molecule has 1 aromatic carbocycles. The Morgan fingerprint density at radius 2 is 1.83 bits per heavy atom. The third-order valence-electron chi connectivity index (χ3n) is 8.09. The first-order chi connectivity index (χ1) is 20.0. The van der Waals surface area contributed by atoms with Crippen molar-refractivity contribution in [2.24, 2.45) is 0 Å². The van der Waals surface area contributed by atoms with Gasteiger partial charge in [0.2, 0.25) is 5.56 Å². The molecule has 0 unspecified atom stereocenters. The van der Waals surface area contributed by atoms with Crippen LogP contribution < -0.4 is 20.7 Å². The predicted molar refractivity (Wildman–Crippen MR) is 156 cm³/mol. The molecule has 2 fully saturated rings. The van der Waals surface area contributed by atoms with Crippen LogP contribution in [0.5, 0.6) is 0 Å². The lowest BCUT2D eigenvalue weighted by atomic mass is 10.0. The van der Waals surface area contributed by atoms with Crippen molar-refractivity contribution in [1.82, 2.24) is 14.9 Å². The average Bonchev–Trinajstić information content (AvgIpc) is 2.96. The maximum Gasteiger partial charge on any atom is 0.264 e. The second-order valence-electron chi connectivity index (χ2n) is 11.1. The molecule has 2 aliphatic rings. The van der Waals surface area contributed by atoms with Crippen LogP contribution in [0, 0.1) is 5.82 Å². The minimum absolute atomic E-state index is 0.0735. The molecular weight excluding hydrogens is 549 g/mol. The first-order valence-corrected chi connectivity index (χ1v) is 14.0. The minimum atomic E-state index is -3.03. The van der Waals surface area contributed by atoms with Gasteiger partial charge in [-0.25, -0.2) is 18.2 Å². The summed E-state index contributed by atoms with van der Waals surface area (Å²) in [6.45, 7) is 9.23. The molecule has 9 nitrogen and oxygen atoms in total. The summed E-state index contributed by atoms with van der Waals surface area (Å²) in [5.74, 6) is -0.600. The molecule has 3 atom stereocenters. The molecule has 3 aromatic rings. The van der Waals surface area contributed by atoms with Crippen LogP contribution >= 0.6 is 0 Å². The number of benzene rings is 1. The normalized spacial score (nSPS) is 21.6. The zero-order chi connectivity index (χ0) is 30.1. The van der Waals surface area contributed by atoms with Crippen molar-refractivity contribution >= 4 is 23.1 Å². The maximum atomic E-state index is 15.8. The summed E-state index contributed by atoms with van der Waals surface area (Å²) in [5, 5.41) is 2.73. The van der Waals surface area contributed by atoms with E-state index < -0.39 is 29.3 Å². The van der Waals surface area contributed by atoms with Crippen LogP contribution in [0.2, 0.25) is 0 Å². The third-order valence-corrected chi connectivity index (χ3v) is 8.09. The summed E-state index contributed by atoms with van der Waals surface area (Å²) in [6.07, 6.45) is -0.409. The van der Waals surface area contributed by atoms with Gasteiger partial charge in [0.1, 0.15) is 11.6 Å². The van der Waals surface area contributed by atoms with E-state index in [2.05, 4.69) is 38.9 Å². The van der Waals surface area contributed by atoms with E-state index in [-0.39, 0.29) is 35.0 Å². The van der Waals surface area contributed by atoms with Crippen molar-refractivity contribution in [2.45, 2.75) is 45.4 Å². The summed E-state index contributed by atoms with van der Waals surface area (Å²) >= 11 is 0. The van der Waals surface area contributed by atoms with Crippen LogP contribution in [-0.2, 0) is 4.74 Å². The van der Waals surface area contributed by atoms with Crippen molar-refractivity contribution < 1.29 is 22.7 Å². The molecular formula is C30H35F3N6O3. The van der Waals surface area contributed by atoms with Crippen LogP contribution in [0.3, 0.4) is 0 Å². The second kappa shape index (κ2) is 12.1. The Morgan fingerprint density at radius 1 is 1.10 bits per heavy atom. The molecule has 2 aliphatic heterocycles. The summed E-state index contributed by atoms with van der Waals surface area (Å²) in [4.78, 5) is 38.2. The number of alkyl halides is 2. The lowest BCUT2D eigenvalue weighted by Gasteiger charge is -2.44. The van der Waals surface area contributed by atoms with Gasteiger partial charge in [-0.1, -0.05) is 0 Å². The van der Waals surface area contributed by atoms with Crippen LogP contribution in [-0.4, -0.2) is 78.8 Å². The van der Waals surface area contributed by atoms with E-state index in [4.69, 9.17) is 4.74 Å². The quantitative estimate of drug-likeness (QED) is 0.440. The van der Waals surface area contributed by atoms with E-state index in [0.29, 0.717) is 50.1 Å². The average molecular weight is 585 g/mol. The number of carbonyl (C=O) groups is 1. The van der Waals surface area contributed by atoms with Gasteiger partial charge in [0.25, 0.3) is 12.3 Å². The summed E-state index contributed by atoms with van der Waals surface area (Å²) in [7, 11) is 2.02. The number of aromatic amines is 1. The first kappa shape index (κ1) is 29.6. The predicted octanol–water partition coefficient (Wildman–Crippen LogP) is 4.52. The second-order valence-corrected chi connectivity index (χ2v) is 11.1. The van der Waals surface area contributed by atoms with E-state index in [1.807, 2.05) is 24.9 Å². The Kier molecular flexibility index (Phi) is 8.55. The standard InChI is InChI=1S/C30H35F3N6O3/c1-17-14-39(15-18(2)37(17)4)26-11-24(31)21(20-5-6-27(34-12-20)38-7-8-42-19(3)16-38)9-25(26)36-30(41)23-13-35-28(40)10-22(23)29(32)33/h5-6,9-13,17-19,29H,7-8,14-16H2,1-4H3,(H,35,40)(H,36,41)/t17-,18+,19-/m0/s1. The number of ether oxygens (including phenoxy) is 1. The molecule has 2 saturated heterocycles. The van der Waals surface area contributed by atoms with Crippen LogP contribution in [0.15, 0.2) is 47.5 Å². The number of piperazine rings is 1. The Balaban J connectivity index is 1.53. The number of nitrogens with zero attached hydrogens (tertiary/aromatic N) is 4. The number of H-pyrrole nitrogens is 1. The SMILES string of the molecule is C[C@@H]1CN(c2cc(F)c(-c3ccc(N4CCO[C@@H](C)C4)nc3)cc2NC(=O)c2c[nH]c(=O)cc2C(F)F)C[C@H](C)N1C. The lowest BCUT2D eigenvalue weighted by molar-refractivity contribution is 0.0529. The number of carbonyl (C=O) groups excluding carboxylic acids is 1. The van der Waals surface area contributed by atoms with Crippen molar-refractivity contribution in [3.05, 3.63) is 70.0 Å². The monoisotopic (exact) mass is 584 g/mol. The van der Waals surface area contributed by atoms with Gasteiger partial charge in [0, 0.05) is 73.4 Å². The smallest absolute Gasteiger partial charge is 0.264 e. The number of rotatable bonds is 6. The third kappa shape index (κ3) is 6.14. The van der Waals surface area contributed by atoms with E-state index in [1.165, 1.54) is 12.1 Å². The van der Waals surface area contributed by atoms with E-state index >= 15 is 4.39 Å². The van der Waals surface area contributed by atoms with E-state index in [9.17, 15) is 18.4 Å². The zero-order valence-electron chi connectivity index (χ0n) is 24.0. The molecule has 0 spiro atoms. The maximum absolute atomic E-state index is 15.8. The number of nitrogens with one attached hydrogen (secondary N) is 2. The number of hydrogen-bond acceptors (Lipinski definition) is 7. The zero-order valence-corrected chi connectivity index (χ0v) is 24.0.